The van der Waals surface area contributed by atoms with Gasteiger partial charge in [-0.05, 0) is 34.4 Å². The Morgan fingerprint density at radius 1 is 1.06 bits per heavy atom. The van der Waals surface area contributed by atoms with Crippen molar-refractivity contribution in [2.75, 3.05) is 6.61 Å². The molecule has 0 saturated carbocycles. The van der Waals surface area contributed by atoms with Gasteiger partial charge in [0.25, 0.3) is 5.56 Å². The third kappa shape index (κ3) is 5.60. The van der Waals surface area contributed by atoms with Crippen LogP contribution < -0.4 is 11.3 Å². The first kappa shape index (κ1) is 25.2. The minimum Gasteiger partial charge on any atom is -0.507 e. The Hall–Kier alpha value is -3.03. The van der Waals surface area contributed by atoms with Gasteiger partial charge in [-0.25, -0.2) is 0 Å². The SMILES string of the molecule is CCOC(=O)Cc1[nH][nH]c(=O)c1[C@H](CC(N)=O)c1cc(C(C)(C)C)c(O)c(C(C)(C)C)c1. The number of esters is 1. The zero-order chi connectivity index (χ0) is 24.4. The molecule has 0 aliphatic carbocycles. The van der Waals surface area contributed by atoms with Crippen LogP contribution in [0.25, 0.3) is 0 Å². The van der Waals surface area contributed by atoms with E-state index in [1.165, 1.54) is 0 Å². The minimum absolute atomic E-state index is 0.130. The molecule has 176 valence electrons. The number of phenols is 1. The molecule has 0 aliphatic rings. The number of hydrogen-bond acceptors (Lipinski definition) is 5. The second-order valence-corrected chi connectivity index (χ2v) is 10.1. The molecule has 0 radical (unpaired) electrons. The van der Waals surface area contributed by atoms with Crippen molar-refractivity contribution in [1.29, 1.82) is 0 Å². The van der Waals surface area contributed by atoms with E-state index in [4.69, 9.17) is 10.5 Å². The van der Waals surface area contributed by atoms with E-state index in [9.17, 15) is 19.5 Å². The number of rotatable bonds is 7. The molecular formula is C24H35N3O5. The number of phenolic OH excluding ortho intramolecular Hbond substituents is 1. The van der Waals surface area contributed by atoms with Crippen molar-refractivity contribution in [2.45, 2.75) is 78.1 Å². The van der Waals surface area contributed by atoms with Crippen molar-refractivity contribution in [3.63, 3.8) is 0 Å². The van der Waals surface area contributed by atoms with Crippen LogP contribution in [0.1, 0.15) is 88.8 Å². The van der Waals surface area contributed by atoms with Crippen LogP contribution in [0.2, 0.25) is 0 Å². The van der Waals surface area contributed by atoms with Crippen molar-refractivity contribution < 1.29 is 19.4 Å². The van der Waals surface area contributed by atoms with Gasteiger partial charge in [-0.15, -0.1) is 0 Å². The van der Waals surface area contributed by atoms with Gasteiger partial charge in [0.1, 0.15) is 5.75 Å². The molecule has 32 heavy (non-hydrogen) atoms. The monoisotopic (exact) mass is 445 g/mol. The molecule has 1 heterocycles. The van der Waals surface area contributed by atoms with Crippen LogP contribution in [0.15, 0.2) is 16.9 Å². The maximum atomic E-state index is 12.8. The van der Waals surface area contributed by atoms with E-state index in [1.807, 2.05) is 53.7 Å². The van der Waals surface area contributed by atoms with E-state index < -0.39 is 34.2 Å². The van der Waals surface area contributed by atoms with E-state index in [1.54, 1.807) is 6.92 Å². The van der Waals surface area contributed by atoms with Crippen LogP contribution >= 0.6 is 0 Å². The molecule has 1 aromatic carbocycles. The number of H-pyrrole nitrogens is 2. The Morgan fingerprint density at radius 3 is 2.03 bits per heavy atom. The number of hydrogen-bond donors (Lipinski definition) is 4. The van der Waals surface area contributed by atoms with Crippen LogP contribution in [-0.2, 0) is 31.6 Å². The van der Waals surface area contributed by atoms with Crippen LogP contribution in [0.4, 0.5) is 0 Å². The highest BCUT2D eigenvalue weighted by Gasteiger charge is 2.31. The van der Waals surface area contributed by atoms with Gasteiger partial charge in [-0.3, -0.25) is 19.5 Å². The van der Waals surface area contributed by atoms with Gasteiger partial charge in [-0.2, -0.15) is 0 Å². The number of aromatic hydroxyl groups is 1. The number of amides is 1. The molecule has 1 aromatic heterocycles. The van der Waals surface area contributed by atoms with E-state index >= 15 is 0 Å². The standard InChI is InChI=1S/C24H35N3O5/c1-8-32-19(29)12-17-20(22(31)27-26-17)14(11-18(25)28)13-9-15(23(2,3)4)21(30)16(10-13)24(5,6)7/h9-10,14,30H,8,11-12H2,1-7H3,(H2,25,28)(H2,26,27,31)/t14-/m1/s1. The number of aromatic nitrogens is 2. The van der Waals surface area contributed by atoms with Gasteiger partial charge in [0.05, 0.1) is 18.7 Å². The summed E-state index contributed by atoms with van der Waals surface area (Å²) < 4.78 is 5.02. The third-order valence-corrected chi connectivity index (χ3v) is 5.43. The Morgan fingerprint density at radius 2 is 1.59 bits per heavy atom. The summed E-state index contributed by atoms with van der Waals surface area (Å²) in [5.41, 5.74) is 7.04. The highest BCUT2D eigenvalue weighted by molar-refractivity contribution is 5.76. The molecule has 5 N–H and O–H groups in total. The van der Waals surface area contributed by atoms with E-state index in [2.05, 4.69) is 10.2 Å². The number of aromatic amines is 2. The predicted octanol–water partition coefficient (Wildman–Crippen LogP) is 3.12. The van der Waals surface area contributed by atoms with Gasteiger partial charge in [-0.1, -0.05) is 53.7 Å². The lowest BCUT2D eigenvalue weighted by atomic mass is 9.75. The number of carbonyl (C=O) groups excluding carboxylic acids is 2. The maximum absolute atomic E-state index is 12.8. The van der Waals surface area contributed by atoms with Gasteiger partial charge in [0.15, 0.2) is 0 Å². The summed E-state index contributed by atoms with van der Waals surface area (Å²) in [5, 5.41) is 16.3. The summed E-state index contributed by atoms with van der Waals surface area (Å²) in [7, 11) is 0. The van der Waals surface area contributed by atoms with E-state index in [0.717, 1.165) is 0 Å². The molecule has 0 unspecified atom stereocenters. The first-order valence-corrected chi connectivity index (χ1v) is 10.8. The summed E-state index contributed by atoms with van der Waals surface area (Å²) in [5.74, 6) is -1.57. The zero-order valence-corrected chi connectivity index (χ0v) is 20.0. The fraction of sp³-hybridized carbons (Fsp3) is 0.542. The summed E-state index contributed by atoms with van der Waals surface area (Å²) >= 11 is 0. The lowest BCUT2D eigenvalue weighted by Gasteiger charge is -2.29. The highest BCUT2D eigenvalue weighted by Crippen LogP contribution is 2.42. The normalized spacial score (nSPS) is 13.1. The minimum atomic E-state index is -0.699. The molecule has 0 fully saturated rings. The van der Waals surface area contributed by atoms with Gasteiger partial charge >= 0.3 is 5.97 Å². The van der Waals surface area contributed by atoms with Crippen molar-refractivity contribution in [3.8, 4) is 5.75 Å². The van der Waals surface area contributed by atoms with Crippen molar-refractivity contribution >= 4 is 11.9 Å². The quantitative estimate of drug-likeness (QED) is 0.485. The Balaban J connectivity index is 2.78. The average Bonchev–Trinajstić information content (AvgIpc) is 2.98. The topological polar surface area (TPSA) is 138 Å². The van der Waals surface area contributed by atoms with Crippen LogP contribution in [-0.4, -0.2) is 33.8 Å². The lowest BCUT2D eigenvalue weighted by molar-refractivity contribution is -0.142. The van der Waals surface area contributed by atoms with E-state index in [0.29, 0.717) is 22.4 Å². The summed E-state index contributed by atoms with van der Waals surface area (Å²) in [6, 6.07) is 3.64. The number of nitrogens with two attached hydrogens (primary N) is 1. The van der Waals surface area contributed by atoms with Gasteiger partial charge in [0.2, 0.25) is 5.91 Å². The fourth-order valence-corrected chi connectivity index (χ4v) is 3.86. The largest absolute Gasteiger partial charge is 0.507 e. The Kier molecular flexibility index (Phi) is 7.27. The molecule has 8 nitrogen and oxygen atoms in total. The summed E-state index contributed by atoms with van der Waals surface area (Å²) in [6.07, 6.45) is -0.276. The van der Waals surface area contributed by atoms with Crippen molar-refractivity contribution in [1.82, 2.24) is 10.2 Å². The third-order valence-electron chi connectivity index (χ3n) is 5.43. The van der Waals surface area contributed by atoms with Crippen LogP contribution in [0, 0.1) is 0 Å². The number of ether oxygens (including phenoxy) is 1. The molecule has 0 bridgehead atoms. The molecule has 0 aliphatic heterocycles. The molecule has 0 spiro atoms. The molecule has 0 saturated heterocycles. The molecule has 1 amide bonds. The van der Waals surface area contributed by atoms with Crippen LogP contribution in [0.5, 0.6) is 5.75 Å². The Labute approximate surface area is 188 Å². The lowest BCUT2D eigenvalue weighted by Crippen LogP contribution is -2.24. The molecule has 2 rings (SSSR count). The number of benzene rings is 1. The second-order valence-electron chi connectivity index (χ2n) is 10.1. The highest BCUT2D eigenvalue weighted by atomic mass is 16.5. The number of carbonyl (C=O) groups is 2. The average molecular weight is 446 g/mol. The maximum Gasteiger partial charge on any atom is 0.311 e. The molecule has 8 heteroatoms. The van der Waals surface area contributed by atoms with Crippen LogP contribution in [0.3, 0.4) is 0 Å². The summed E-state index contributed by atoms with van der Waals surface area (Å²) in [4.78, 5) is 36.9. The fourth-order valence-electron chi connectivity index (χ4n) is 3.86. The second kappa shape index (κ2) is 9.22. The van der Waals surface area contributed by atoms with Crippen molar-refractivity contribution in [2.24, 2.45) is 5.73 Å². The number of nitrogens with one attached hydrogen (secondary N) is 2. The Bertz CT molecular complexity index is 1020. The smallest absolute Gasteiger partial charge is 0.311 e. The zero-order valence-electron chi connectivity index (χ0n) is 20.0. The molecular weight excluding hydrogens is 410 g/mol. The summed E-state index contributed by atoms with van der Waals surface area (Å²) in [6.45, 7) is 13.8. The number of primary amides is 1. The van der Waals surface area contributed by atoms with Crippen molar-refractivity contribution in [3.05, 3.63) is 50.4 Å². The predicted molar refractivity (Wildman–Crippen MR) is 123 cm³/mol. The molecule has 1 atom stereocenters. The molecule has 2 aromatic rings. The first-order chi connectivity index (χ1) is 14.7. The van der Waals surface area contributed by atoms with E-state index in [-0.39, 0.29) is 30.8 Å². The first-order valence-electron chi connectivity index (χ1n) is 10.8. The van der Waals surface area contributed by atoms with Gasteiger partial charge < -0.3 is 20.7 Å². The van der Waals surface area contributed by atoms with Gasteiger partial charge in [0, 0.05) is 17.9 Å².